The van der Waals surface area contributed by atoms with Crippen molar-refractivity contribution in [2.75, 3.05) is 5.32 Å². The third-order valence-corrected chi connectivity index (χ3v) is 5.03. The lowest BCUT2D eigenvalue weighted by Gasteiger charge is -2.20. The Morgan fingerprint density at radius 2 is 1.19 bits per heavy atom. The van der Waals surface area contributed by atoms with E-state index in [2.05, 4.69) is 15.6 Å². The number of aliphatic imine (C=N–C) groups is 1. The molecule has 0 aromatic heterocycles. The van der Waals surface area contributed by atoms with Gasteiger partial charge in [0.2, 0.25) is 0 Å². The topological polar surface area (TPSA) is 36.4 Å². The second-order valence-electron chi connectivity index (χ2n) is 7.29. The third-order valence-electron chi connectivity index (χ3n) is 5.03. The van der Waals surface area contributed by atoms with Gasteiger partial charge in [-0.25, -0.2) is 4.99 Å². The first-order chi connectivity index (χ1) is 15.1. The molecule has 0 bridgehead atoms. The highest BCUT2D eigenvalue weighted by molar-refractivity contribution is 5.95. The van der Waals surface area contributed by atoms with Crippen molar-refractivity contribution in [2.45, 2.75) is 24.4 Å². The molecular weight excluding hydrogens is 432 g/mol. The van der Waals surface area contributed by atoms with Gasteiger partial charge in [-0.2, -0.15) is 26.3 Å². The highest BCUT2D eigenvalue weighted by atomic mass is 19.4. The molecule has 2 atom stereocenters. The Labute approximate surface area is 179 Å². The SMILES string of the molecule is FC(F)(F)c1cc(NC2=NC(c3ccccc3)C(c3ccccc3)N2)cc(C(F)(F)F)c1. The van der Waals surface area contributed by atoms with Gasteiger partial charge in [-0.15, -0.1) is 0 Å². The molecule has 0 saturated heterocycles. The van der Waals surface area contributed by atoms with Gasteiger partial charge in [0.05, 0.1) is 17.2 Å². The predicted molar refractivity (Wildman–Crippen MR) is 109 cm³/mol. The molecule has 0 fully saturated rings. The van der Waals surface area contributed by atoms with E-state index >= 15 is 0 Å². The monoisotopic (exact) mass is 449 g/mol. The van der Waals surface area contributed by atoms with Crippen molar-refractivity contribution >= 4 is 11.6 Å². The number of rotatable bonds is 3. The summed E-state index contributed by atoms with van der Waals surface area (Å²) in [4.78, 5) is 4.53. The van der Waals surface area contributed by atoms with Crippen LogP contribution in [0.15, 0.2) is 83.9 Å². The minimum absolute atomic E-state index is 0.0835. The van der Waals surface area contributed by atoms with Crippen molar-refractivity contribution in [3.8, 4) is 0 Å². The number of alkyl halides is 6. The fraction of sp³-hybridized carbons (Fsp3) is 0.174. The van der Waals surface area contributed by atoms with Crippen LogP contribution < -0.4 is 10.6 Å². The number of anilines is 1. The van der Waals surface area contributed by atoms with Crippen LogP contribution in [-0.2, 0) is 12.4 Å². The smallest absolute Gasteiger partial charge is 0.347 e. The summed E-state index contributed by atoms with van der Waals surface area (Å²) in [5.74, 6) is 0.0835. The van der Waals surface area contributed by atoms with Gasteiger partial charge in [-0.05, 0) is 29.3 Å². The summed E-state index contributed by atoms with van der Waals surface area (Å²) in [5, 5.41) is 5.70. The Morgan fingerprint density at radius 3 is 1.69 bits per heavy atom. The minimum atomic E-state index is -4.93. The molecule has 9 heteroatoms. The predicted octanol–water partition coefficient (Wildman–Crippen LogP) is 6.58. The Morgan fingerprint density at radius 1 is 0.688 bits per heavy atom. The maximum absolute atomic E-state index is 13.2. The van der Waals surface area contributed by atoms with Crippen LogP contribution in [-0.4, -0.2) is 5.96 Å². The third kappa shape index (κ3) is 4.71. The van der Waals surface area contributed by atoms with Gasteiger partial charge in [0, 0.05) is 5.69 Å². The molecule has 0 saturated carbocycles. The van der Waals surface area contributed by atoms with Gasteiger partial charge in [-0.1, -0.05) is 60.7 Å². The number of halogens is 6. The standard InChI is InChI=1S/C23H17F6N3/c24-22(25,26)16-11-17(23(27,28)29)13-18(12-16)30-21-31-19(14-7-3-1-4-8-14)20(32-21)15-9-5-2-6-10-15/h1-13,19-20H,(H2,30,31,32). The molecule has 166 valence electrons. The highest BCUT2D eigenvalue weighted by Crippen LogP contribution is 2.39. The molecular formula is C23H17F6N3. The van der Waals surface area contributed by atoms with Crippen LogP contribution in [0.25, 0.3) is 0 Å². The zero-order valence-electron chi connectivity index (χ0n) is 16.4. The van der Waals surface area contributed by atoms with E-state index in [0.29, 0.717) is 12.1 Å². The highest BCUT2D eigenvalue weighted by Gasteiger charge is 2.37. The normalized spacial score (nSPS) is 18.8. The van der Waals surface area contributed by atoms with Gasteiger partial charge >= 0.3 is 12.4 Å². The number of hydrogen-bond donors (Lipinski definition) is 2. The Bertz CT molecular complexity index is 1080. The van der Waals surface area contributed by atoms with Crippen molar-refractivity contribution < 1.29 is 26.3 Å². The second kappa shape index (κ2) is 8.22. The first-order valence-electron chi connectivity index (χ1n) is 9.62. The maximum atomic E-state index is 13.2. The van der Waals surface area contributed by atoms with Crippen LogP contribution in [0.5, 0.6) is 0 Å². The van der Waals surface area contributed by atoms with Gasteiger partial charge < -0.3 is 10.6 Å². The molecule has 3 nitrogen and oxygen atoms in total. The first-order valence-corrected chi connectivity index (χ1v) is 9.62. The minimum Gasteiger partial charge on any atom is -0.347 e. The van der Waals surface area contributed by atoms with Crippen molar-refractivity contribution in [3.05, 3.63) is 101 Å². The van der Waals surface area contributed by atoms with Gasteiger partial charge in [-0.3, -0.25) is 0 Å². The average Bonchev–Trinajstić information content (AvgIpc) is 3.17. The molecule has 1 aliphatic rings. The van der Waals surface area contributed by atoms with Crippen molar-refractivity contribution in [2.24, 2.45) is 4.99 Å². The number of guanidine groups is 1. The quantitative estimate of drug-likeness (QED) is 0.444. The lowest BCUT2D eigenvalue weighted by Crippen LogP contribution is -2.30. The molecule has 2 unspecified atom stereocenters. The fourth-order valence-electron chi connectivity index (χ4n) is 3.55. The van der Waals surface area contributed by atoms with Crippen molar-refractivity contribution in [1.82, 2.24) is 5.32 Å². The zero-order valence-corrected chi connectivity index (χ0v) is 16.4. The van der Waals surface area contributed by atoms with E-state index in [-0.39, 0.29) is 23.8 Å². The first kappa shape index (κ1) is 21.7. The molecule has 0 aliphatic carbocycles. The zero-order chi connectivity index (χ0) is 22.9. The van der Waals surface area contributed by atoms with Crippen LogP contribution >= 0.6 is 0 Å². The average molecular weight is 449 g/mol. The molecule has 1 aliphatic heterocycles. The summed E-state index contributed by atoms with van der Waals surface area (Å²) in [6, 6.07) is 19.1. The van der Waals surface area contributed by atoms with Crippen LogP contribution in [0.2, 0.25) is 0 Å². The Balaban J connectivity index is 1.70. The Kier molecular flexibility index (Phi) is 5.58. The molecule has 3 aromatic carbocycles. The lowest BCUT2D eigenvalue weighted by atomic mass is 9.95. The molecule has 0 spiro atoms. The van der Waals surface area contributed by atoms with Crippen LogP contribution in [0.1, 0.15) is 34.3 Å². The van der Waals surface area contributed by atoms with Crippen LogP contribution in [0.4, 0.5) is 32.0 Å². The van der Waals surface area contributed by atoms with Gasteiger partial charge in [0.25, 0.3) is 0 Å². The maximum Gasteiger partial charge on any atom is 0.416 e. The molecule has 1 heterocycles. The summed E-state index contributed by atoms with van der Waals surface area (Å²) in [6.45, 7) is 0. The van der Waals surface area contributed by atoms with E-state index in [1.54, 1.807) is 0 Å². The van der Waals surface area contributed by atoms with Gasteiger partial charge in [0.15, 0.2) is 5.96 Å². The van der Waals surface area contributed by atoms with Crippen LogP contribution in [0, 0.1) is 0 Å². The summed E-state index contributed by atoms with van der Waals surface area (Å²) in [5.41, 5.74) is -1.42. The van der Waals surface area contributed by atoms with E-state index < -0.39 is 29.5 Å². The molecule has 32 heavy (non-hydrogen) atoms. The summed E-state index contributed by atoms with van der Waals surface area (Å²) >= 11 is 0. The number of nitrogens with zero attached hydrogens (tertiary/aromatic N) is 1. The van der Waals surface area contributed by atoms with Gasteiger partial charge in [0.1, 0.15) is 6.04 Å². The number of hydrogen-bond acceptors (Lipinski definition) is 3. The van der Waals surface area contributed by atoms with Crippen molar-refractivity contribution in [1.29, 1.82) is 0 Å². The van der Waals surface area contributed by atoms with Crippen LogP contribution in [0.3, 0.4) is 0 Å². The lowest BCUT2D eigenvalue weighted by molar-refractivity contribution is -0.143. The van der Waals surface area contributed by atoms with E-state index in [9.17, 15) is 26.3 Å². The van der Waals surface area contributed by atoms with E-state index in [0.717, 1.165) is 11.1 Å². The molecule has 4 rings (SSSR count). The second-order valence-corrected chi connectivity index (χ2v) is 7.29. The van der Waals surface area contributed by atoms with E-state index in [1.165, 1.54) is 0 Å². The number of benzene rings is 3. The fourth-order valence-corrected chi connectivity index (χ4v) is 3.55. The van der Waals surface area contributed by atoms with Crippen molar-refractivity contribution in [3.63, 3.8) is 0 Å². The summed E-state index contributed by atoms with van der Waals surface area (Å²) in [6.07, 6.45) is -9.86. The Hall–Kier alpha value is -3.49. The molecule has 0 radical (unpaired) electrons. The number of nitrogens with one attached hydrogen (secondary N) is 2. The largest absolute Gasteiger partial charge is 0.416 e. The molecule has 3 aromatic rings. The molecule has 0 amide bonds. The summed E-state index contributed by atoms with van der Waals surface area (Å²) < 4.78 is 79.1. The van der Waals surface area contributed by atoms with E-state index in [4.69, 9.17) is 0 Å². The molecule has 2 N–H and O–H groups in total. The summed E-state index contributed by atoms with van der Waals surface area (Å²) in [7, 11) is 0. The van der Waals surface area contributed by atoms with E-state index in [1.807, 2.05) is 60.7 Å².